The van der Waals surface area contributed by atoms with Crippen LogP contribution in [0.1, 0.15) is 24.8 Å². The van der Waals surface area contributed by atoms with Gasteiger partial charge in [-0.1, -0.05) is 6.07 Å². The van der Waals surface area contributed by atoms with Gasteiger partial charge in [0, 0.05) is 12.6 Å². The molecule has 0 radical (unpaired) electrons. The van der Waals surface area contributed by atoms with Crippen LogP contribution in [0.5, 0.6) is 11.5 Å². The summed E-state index contributed by atoms with van der Waals surface area (Å²) in [6, 6.07) is 3.41. The summed E-state index contributed by atoms with van der Waals surface area (Å²) in [5.41, 5.74) is 0.670. The number of alkyl halides is 3. The van der Waals surface area contributed by atoms with Crippen molar-refractivity contribution < 1.29 is 27.4 Å². The molecule has 1 atom stereocenters. The number of hydrogen-bond donors (Lipinski definition) is 0. The molecule has 2 aliphatic rings. The second kappa shape index (κ2) is 6.14. The predicted octanol–water partition coefficient (Wildman–Crippen LogP) is 3.37. The Morgan fingerprint density at radius 3 is 2.78 bits per heavy atom. The van der Waals surface area contributed by atoms with Gasteiger partial charge in [0.2, 0.25) is 12.7 Å². The number of likely N-dealkylation sites (tertiary alicyclic amines) is 1. The molecular weight excluding hydrogens is 311 g/mol. The third-order valence-electron chi connectivity index (χ3n) is 3.98. The van der Waals surface area contributed by atoms with Crippen molar-refractivity contribution in [3.05, 3.63) is 29.8 Å². The van der Waals surface area contributed by atoms with Crippen molar-refractivity contribution in [1.29, 1.82) is 0 Å². The molecule has 1 saturated heterocycles. The van der Waals surface area contributed by atoms with E-state index in [1.807, 2.05) is 0 Å². The number of ether oxygens (including phenoxy) is 2. The molecule has 0 bridgehead atoms. The summed E-state index contributed by atoms with van der Waals surface area (Å²) < 4.78 is 49.5. The van der Waals surface area contributed by atoms with Gasteiger partial charge in [-0.05, 0) is 43.0 Å². The highest BCUT2D eigenvalue weighted by molar-refractivity contribution is 5.92. The molecule has 1 amide bonds. The Bertz CT molecular complexity index is 627. The summed E-state index contributed by atoms with van der Waals surface area (Å²) in [5, 5.41) is 0. The van der Waals surface area contributed by atoms with Crippen LogP contribution in [0.25, 0.3) is 6.08 Å². The maximum atomic E-state index is 13.0. The average molecular weight is 327 g/mol. The van der Waals surface area contributed by atoms with E-state index in [1.165, 1.54) is 12.2 Å². The fourth-order valence-electron chi connectivity index (χ4n) is 2.82. The summed E-state index contributed by atoms with van der Waals surface area (Å²) in [6.07, 6.45) is -0.667. The van der Waals surface area contributed by atoms with E-state index in [0.29, 0.717) is 29.9 Å². The highest BCUT2D eigenvalue weighted by atomic mass is 19.4. The Labute approximate surface area is 131 Å². The first-order valence-electron chi connectivity index (χ1n) is 7.40. The van der Waals surface area contributed by atoms with Gasteiger partial charge in [-0.25, -0.2) is 0 Å². The fourth-order valence-corrected chi connectivity index (χ4v) is 2.82. The van der Waals surface area contributed by atoms with Crippen LogP contribution in [-0.4, -0.2) is 36.4 Å². The van der Waals surface area contributed by atoms with Gasteiger partial charge in [-0.15, -0.1) is 0 Å². The normalized spacial score (nSPS) is 21.0. The fraction of sp³-hybridized carbons (Fsp3) is 0.438. The monoisotopic (exact) mass is 327 g/mol. The third-order valence-corrected chi connectivity index (χ3v) is 3.98. The van der Waals surface area contributed by atoms with Crippen LogP contribution >= 0.6 is 0 Å². The number of benzene rings is 1. The number of nitrogens with zero attached hydrogens (tertiary/aromatic N) is 1. The molecule has 3 rings (SSSR count). The Balaban J connectivity index is 1.72. The number of amides is 1. The van der Waals surface area contributed by atoms with Crippen LogP contribution < -0.4 is 9.47 Å². The Hall–Kier alpha value is -2.18. The lowest BCUT2D eigenvalue weighted by Gasteiger charge is -2.36. The maximum absolute atomic E-state index is 13.0. The molecular formula is C16H16F3NO3. The lowest BCUT2D eigenvalue weighted by Crippen LogP contribution is -2.50. The molecule has 1 fully saturated rings. The minimum absolute atomic E-state index is 0.0346. The van der Waals surface area contributed by atoms with Crippen LogP contribution in [0, 0.1) is 0 Å². The van der Waals surface area contributed by atoms with Crippen molar-refractivity contribution >= 4 is 12.0 Å². The molecule has 124 valence electrons. The number of halogens is 3. The quantitative estimate of drug-likeness (QED) is 0.782. The van der Waals surface area contributed by atoms with E-state index in [9.17, 15) is 18.0 Å². The number of piperidine rings is 1. The molecule has 0 saturated carbocycles. The molecule has 0 spiro atoms. The number of rotatable bonds is 2. The van der Waals surface area contributed by atoms with Crippen LogP contribution in [0.3, 0.4) is 0 Å². The minimum atomic E-state index is -4.39. The topological polar surface area (TPSA) is 38.8 Å². The van der Waals surface area contributed by atoms with Crippen LogP contribution in [-0.2, 0) is 4.79 Å². The molecule has 7 heteroatoms. The zero-order valence-electron chi connectivity index (χ0n) is 12.3. The molecule has 4 nitrogen and oxygen atoms in total. The number of fused-ring (bicyclic) bond motifs is 1. The minimum Gasteiger partial charge on any atom is -0.454 e. The van der Waals surface area contributed by atoms with E-state index >= 15 is 0 Å². The molecule has 0 N–H and O–H groups in total. The summed E-state index contributed by atoms with van der Waals surface area (Å²) in [7, 11) is 0. The van der Waals surface area contributed by atoms with E-state index in [2.05, 4.69) is 0 Å². The first-order valence-corrected chi connectivity index (χ1v) is 7.40. The van der Waals surface area contributed by atoms with E-state index in [-0.39, 0.29) is 19.8 Å². The zero-order chi connectivity index (χ0) is 16.4. The predicted molar refractivity (Wildman–Crippen MR) is 77.0 cm³/mol. The van der Waals surface area contributed by atoms with E-state index in [1.54, 1.807) is 18.2 Å². The van der Waals surface area contributed by atoms with Crippen LogP contribution in [0.2, 0.25) is 0 Å². The van der Waals surface area contributed by atoms with Crippen molar-refractivity contribution in [3.63, 3.8) is 0 Å². The van der Waals surface area contributed by atoms with Crippen molar-refractivity contribution in [2.24, 2.45) is 0 Å². The van der Waals surface area contributed by atoms with Gasteiger partial charge in [-0.2, -0.15) is 13.2 Å². The van der Waals surface area contributed by atoms with Gasteiger partial charge in [0.05, 0.1) is 0 Å². The highest BCUT2D eigenvalue weighted by Crippen LogP contribution is 2.34. The van der Waals surface area contributed by atoms with Gasteiger partial charge in [0.1, 0.15) is 6.04 Å². The van der Waals surface area contributed by atoms with Crippen molar-refractivity contribution in [3.8, 4) is 11.5 Å². The maximum Gasteiger partial charge on any atom is 0.408 e. The zero-order valence-corrected chi connectivity index (χ0v) is 12.3. The Morgan fingerprint density at radius 2 is 2.00 bits per heavy atom. The summed E-state index contributed by atoms with van der Waals surface area (Å²) in [5.74, 6) is 0.553. The molecule has 2 aliphatic heterocycles. The van der Waals surface area contributed by atoms with Crippen LogP contribution in [0.4, 0.5) is 13.2 Å². The second-order valence-corrected chi connectivity index (χ2v) is 5.53. The van der Waals surface area contributed by atoms with E-state index in [0.717, 1.165) is 4.90 Å². The Kier molecular flexibility index (Phi) is 4.19. The Morgan fingerprint density at radius 1 is 1.22 bits per heavy atom. The summed E-state index contributed by atoms with van der Waals surface area (Å²) in [6.45, 7) is 0.275. The number of hydrogen-bond acceptors (Lipinski definition) is 3. The highest BCUT2D eigenvalue weighted by Gasteiger charge is 2.45. The van der Waals surface area contributed by atoms with E-state index < -0.39 is 18.1 Å². The first kappa shape index (κ1) is 15.7. The van der Waals surface area contributed by atoms with Gasteiger partial charge < -0.3 is 14.4 Å². The second-order valence-electron chi connectivity index (χ2n) is 5.53. The third kappa shape index (κ3) is 3.43. The van der Waals surface area contributed by atoms with Gasteiger partial charge in [0.15, 0.2) is 11.5 Å². The van der Waals surface area contributed by atoms with Crippen molar-refractivity contribution in [2.45, 2.75) is 31.5 Å². The molecule has 2 heterocycles. The van der Waals surface area contributed by atoms with Gasteiger partial charge in [0.25, 0.3) is 0 Å². The molecule has 0 aromatic heterocycles. The largest absolute Gasteiger partial charge is 0.454 e. The number of carbonyl (C=O) groups is 1. The van der Waals surface area contributed by atoms with E-state index in [4.69, 9.17) is 9.47 Å². The van der Waals surface area contributed by atoms with Crippen LogP contribution in [0.15, 0.2) is 24.3 Å². The van der Waals surface area contributed by atoms with Crippen molar-refractivity contribution in [2.75, 3.05) is 13.3 Å². The smallest absolute Gasteiger partial charge is 0.408 e. The SMILES string of the molecule is O=C(/C=C/c1ccc2c(c1)OCO2)N1CCCCC1C(F)(F)F. The first-order chi connectivity index (χ1) is 10.9. The number of carbonyl (C=O) groups excluding carboxylic acids is 1. The van der Waals surface area contributed by atoms with Crippen molar-refractivity contribution in [1.82, 2.24) is 4.90 Å². The molecule has 1 aromatic rings. The molecule has 23 heavy (non-hydrogen) atoms. The average Bonchev–Trinajstić information content (AvgIpc) is 2.99. The van der Waals surface area contributed by atoms with Gasteiger partial charge in [-0.3, -0.25) is 4.79 Å². The van der Waals surface area contributed by atoms with Gasteiger partial charge >= 0.3 is 6.18 Å². The standard InChI is InChI=1S/C16H16F3NO3/c17-16(18,19)14-3-1-2-8-20(14)15(21)7-5-11-4-6-12-13(9-11)23-10-22-12/h4-7,9,14H,1-3,8,10H2/b7-5+. The molecule has 1 unspecified atom stereocenters. The lowest BCUT2D eigenvalue weighted by molar-refractivity contribution is -0.193. The molecule has 0 aliphatic carbocycles. The lowest BCUT2D eigenvalue weighted by atomic mass is 10.0. The molecule has 1 aromatic carbocycles. The summed E-state index contributed by atoms with van der Waals surface area (Å²) in [4.78, 5) is 13.1. The summed E-state index contributed by atoms with van der Waals surface area (Å²) >= 11 is 0.